The van der Waals surface area contributed by atoms with Crippen LogP contribution in [0.5, 0.6) is 11.5 Å². The molecule has 0 aliphatic heterocycles. The summed E-state index contributed by atoms with van der Waals surface area (Å²) in [4.78, 5) is 12.7. The Morgan fingerprint density at radius 3 is 2.19 bits per heavy atom. The van der Waals surface area contributed by atoms with Gasteiger partial charge in [-0.25, -0.2) is 0 Å². The van der Waals surface area contributed by atoms with Gasteiger partial charge in [0.1, 0.15) is 11.5 Å². The molecule has 4 rings (SSSR count). The predicted octanol–water partition coefficient (Wildman–Crippen LogP) is 7.39. The minimum atomic E-state index is -0.0413. The maximum atomic E-state index is 12.7. The third-order valence-electron chi connectivity index (χ3n) is 4.25. The average molecular weight is 482 g/mol. The molecule has 4 aromatic rings. The van der Waals surface area contributed by atoms with Gasteiger partial charge in [0.05, 0.1) is 0 Å². The van der Waals surface area contributed by atoms with Gasteiger partial charge in [-0.3, -0.25) is 4.79 Å². The topological polar surface area (TPSA) is 26.3 Å². The molecule has 0 spiro atoms. The van der Waals surface area contributed by atoms with Crippen LogP contribution in [0, 0.1) is 0 Å². The van der Waals surface area contributed by atoms with Crippen LogP contribution in [0.3, 0.4) is 0 Å². The van der Waals surface area contributed by atoms with Crippen molar-refractivity contribution in [1.29, 1.82) is 0 Å². The van der Waals surface area contributed by atoms with E-state index in [0.29, 0.717) is 16.9 Å². The smallest absolute Gasteiger partial charge is 0.194 e. The molecule has 0 unspecified atom stereocenters. The molecule has 0 heterocycles. The number of fused-ring (bicyclic) bond motifs is 1. The van der Waals surface area contributed by atoms with E-state index in [1.165, 1.54) is 5.39 Å². The first-order valence-corrected chi connectivity index (χ1v) is 9.95. The summed E-state index contributed by atoms with van der Waals surface area (Å²) >= 11 is 6.85. The molecule has 4 aromatic carbocycles. The summed E-state index contributed by atoms with van der Waals surface area (Å²) in [6.07, 6.45) is 0. The van der Waals surface area contributed by atoms with Gasteiger partial charge in [0.2, 0.25) is 0 Å². The molecule has 0 saturated heterocycles. The highest BCUT2D eigenvalue weighted by Gasteiger charge is 2.13. The molecule has 0 atom stereocenters. The van der Waals surface area contributed by atoms with Crippen LogP contribution in [-0.4, -0.2) is 5.78 Å². The zero-order valence-corrected chi connectivity index (χ0v) is 17.3. The van der Waals surface area contributed by atoms with Gasteiger partial charge in [0.25, 0.3) is 0 Å². The first-order valence-electron chi connectivity index (χ1n) is 8.37. The molecule has 132 valence electrons. The van der Waals surface area contributed by atoms with Crippen LogP contribution >= 0.6 is 31.9 Å². The molecule has 4 heteroatoms. The van der Waals surface area contributed by atoms with Crippen molar-refractivity contribution in [2.45, 2.75) is 0 Å². The highest BCUT2D eigenvalue weighted by molar-refractivity contribution is 9.11. The van der Waals surface area contributed by atoms with Gasteiger partial charge >= 0.3 is 0 Å². The second-order valence-corrected chi connectivity index (χ2v) is 7.86. The number of hydrogen-bond donors (Lipinski definition) is 0. The Morgan fingerprint density at radius 2 is 1.41 bits per heavy atom. The molecule has 0 aromatic heterocycles. The molecular weight excluding hydrogens is 468 g/mol. The zero-order valence-electron chi connectivity index (χ0n) is 14.2. The maximum Gasteiger partial charge on any atom is 0.194 e. The van der Waals surface area contributed by atoms with Crippen LogP contribution in [0.2, 0.25) is 0 Å². The lowest BCUT2D eigenvalue weighted by Crippen LogP contribution is -2.02. The van der Waals surface area contributed by atoms with E-state index in [2.05, 4.69) is 44.0 Å². The fraction of sp³-hybridized carbons (Fsp3) is 0. The van der Waals surface area contributed by atoms with Gasteiger partial charge in [-0.15, -0.1) is 0 Å². The number of halogens is 2. The lowest BCUT2D eigenvalue weighted by Gasteiger charge is -2.09. The Bertz CT molecular complexity index is 1130. The molecule has 27 heavy (non-hydrogen) atoms. The Morgan fingerprint density at radius 1 is 0.704 bits per heavy atom. The van der Waals surface area contributed by atoms with E-state index >= 15 is 0 Å². The molecular formula is C23H14Br2O2. The van der Waals surface area contributed by atoms with Crippen LogP contribution in [0.25, 0.3) is 10.8 Å². The predicted molar refractivity (Wildman–Crippen MR) is 116 cm³/mol. The average Bonchev–Trinajstić information content (AvgIpc) is 2.70. The number of ether oxygens (including phenoxy) is 1. The molecule has 0 aliphatic carbocycles. The summed E-state index contributed by atoms with van der Waals surface area (Å²) in [5.74, 6) is 1.41. The lowest BCUT2D eigenvalue weighted by molar-refractivity contribution is 0.103. The fourth-order valence-electron chi connectivity index (χ4n) is 2.87. The normalized spacial score (nSPS) is 10.7. The van der Waals surface area contributed by atoms with E-state index in [1.807, 2.05) is 60.7 Å². The summed E-state index contributed by atoms with van der Waals surface area (Å²) in [5.41, 5.74) is 1.23. The van der Waals surface area contributed by atoms with Crippen molar-refractivity contribution in [2.24, 2.45) is 0 Å². The number of benzene rings is 4. The second kappa shape index (κ2) is 7.67. The van der Waals surface area contributed by atoms with Crippen molar-refractivity contribution in [3.63, 3.8) is 0 Å². The Labute approximate surface area is 174 Å². The highest BCUT2D eigenvalue weighted by atomic mass is 79.9. The van der Waals surface area contributed by atoms with Gasteiger partial charge in [-0.05, 0) is 65.4 Å². The van der Waals surface area contributed by atoms with Crippen molar-refractivity contribution >= 4 is 48.4 Å². The van der Waals surface area contributed by atoms with Crippen LogP contribution < -0.4 is 4.74 Å². The van der Waals surface area contributed by atoms with Crippen molar-refractivity contribution in [2.75, 3.05) is 0 Å². The van der Waals surface area contributed by atoms with E-state index < -0.39 is 0 Å². The summed E-state index contributed by atoms with van der Waals surface area (Å²) in [5, 5.41) is 2.30. The second-order valence-electron chi connectivity index (χ2n) is 6.09. The monoisotopic (exact) mass is 480 g/mol. The van der Waals surface area contributed by atoms with E-state index in [9.17, 15) is 4.79 Å². The van der Waals surface area contributed by atoms with Gasteiger partial charge in [0, 0.05) is 20.1 Å². The van der Waals surface area contributed by atoms with Crippen LogP contribution in [0.1, 0.15) is 15.9 Å². The molecule has 0 radical (unpaired) electrons. The molecule has 0 amide bonds. The maximum absolute atomic E-state index is 12.7. The number of carbonyl (C=O) groups is 1. The van der Waals surface area contributed by atoms with E-state index in [0.717, 1.165) is 20.1 Å². The van der Waals surface area contributed by atoms with E-state index in [-0.39, 0.29) is 5.78 Å². The summed E-state index contributed by atoms with van der Waals surface area (Å²) < 4.78 is 7.58. The van der Waals surface area contributed by atoms with E-state index in [4.69, 9.17) is 4.74 Å². The first-order chi connectivity index (χ1) is 13.1. The minimum Gasteiger partial charge on any atom is -0.457 e. The largest absolute Gasteiger partial charge is 0.457 e. The SMILES string of the molecule is O=C(c1ccc(Oc2ccc3ccccc3c2)cc1)c1cc(Br)ccc1Br. The van der Waals surface area contributed by atoms with Crippen LogP contribution in [0.15, 0.2) is 93.9 Å². The van der Waals surface area contributed by atoms with E-state index in [1.54, 1.807) is 12.1 Å². The van der Waals surface area contributed by atoms with Crippen LogP contribution in [0.4, 0.5) is 0 Å². The van der Waals surface area contributed by atoms with Crippen LogP contribution in [-0.2, 0) is 0 Å². The molecule has 0 aliphatic rings. The molecule has 0 N–H and O–H groups in total. The molecule has 0 saturated carbocycles. The zero-order chi connectivity index (χ0) is 18.8. The molecule has 2 nitrogen and oxygen atoms in total. The third-order valence-corrected chi connectivity index (χ3v) is 5.43. The fourth-order valence-corrected chi connectivity index (χ4v) is 3.66. The van der Waals surface area contributed by atoms with Gasteiger partial charge < -0.3 is 4.74 Å². The third kappa shape index (κ3) is 3.97. The van der Waals surface area contributed by atoms with Crippen molar-refractivity contribution in [3.05, 3.63) is 105 Å². The standard InChI is InChI=1S/C23H14Br2O2/c24-18-8-12-22(25)21(14-18)23(26)16-6-9-19(10-7-16)27-20-11-5-15-3-1-2-4-17(15)13-20/h1-14H. The van der Waals surface area contributed by atoms with Gasteiger partial charge in [-0.1, -0.05) is 62.2 Å². The van der Waals surface area contributed by atoms with Gasteiger partial charge in [-0.2, -0.15) is 0 Å². The Kier molecular flexibility index (Phi) is 5.10. The summed E-state index contributed by atoms with van der Waals surface area (Å²) in [6.45, 7) is 0. The summed E-state index contributed by atoms with van der Waals surface area (Å²) in [6, 6.07) is 26.9. The quantitative estimate of drug-likeness (QED) is 0.284. The Hall–Kier alpha value is -2.43. The molecule has 0 fully saturated rings. The first kappa shape index (κ1) is 18.0. The van der Waals surface area contributed by atoms with Crippen molar-refractivity contribution < 1.29 is 9.53 Å². The van der Waals surface area contributed by atoms with Crippen molar-refractivity contribution in [3.8, 4) is 11.5 Å². The Balaban J connectivity index is 1.56. The highest BCUT2D eigenvalue weighted by Crippen LogP contribution is 2.28. The van der Waals surface area contributed by atoms with Crippen molar-refractivity contribution in [1.82, 2.24) is 0 Å². The molecule has 0 bridgehead atoms. The van der Waals surface area contributed by atoms with Gasteiger partial charge in [0.15, 0.2) is 5.78 Å². The number of carbonyl (C=O) groups excluding carboxylic acids is 1. The minimum absolute atomic E-state index is 0.0413. The number of ketones is 1. The summed E-state index contributed by atoms with van der Waals surface area (Å²) in [7, 11) is 0. The lowest BCUT2D eigenvalue weighted by atomic mass is 10.0. The number of rotatable bonds is 4. The number of hydrogen-bond acceptors (Lipinski definition) is 2.